The molecule has 0 bridgehead atoms. The lowest BCUT2D eigenvalue weighted by Gasteiger charge is -2.33. The summed E-state index contributed by atoms with van der Waals surface area (Å²) in [5.41, 5.74) is 3.25. The number of halogens is 2. The third-order valence-electron chi connectivity index (χ3n) is 7.13. The molecule has 2 aliphatic rings. The first-order chi connectivity index (χ1) is 17.6. The largest absolute Gasteiger partial charge is 0.388 e. The number of nitrogens with zero attached hydrogens (tertiary/aromatic N) is 7. The molecule has 1 aliphatic heterocycles. The van der Waals surface area contributed by atoms with Gasteiger partial charge in [-0.05, 0) is 49.2 Å². The summed E-state index contributed by atoms with van der Waals surface area (Å²) in [4.78, 5) is 16.6. The van der Waals surface area contributed by atoms with E-state index < -0.39 is 17.6 Å². The lowest BCUT2D eigenvalue weighted by Crippen LogP contribution is -2.38. The molecule has 12 heteroatoms. The summed E-state index contributed by atoms with van der Waals surface area (Å²) < 4.78 is 28.1. The van der Waals surface area contributed by atoms with Crippen LogP contribution in [0.3, 0.4) is 0 Å². The van der Waals surface area contributed by atoms with Crippen molar-refractivity contribution in [2.24, 2.45) is 0 Å². The van der Waals surface area contributed by atoms with E-state index in [1.807, 2.05) is 32.0 Å². The van der Waals surface area contributed by atoms with Gasteiger partial charge >= 0.3 is 0 Å². The van der Waals surface area contributed by atoms with E-state index in [1.165, 1.54) is 11.0 Å². The molecule has 1 aliphatic carbocycles. The van der Waals surface area contributed by atoms with Crippen LogP contribution in [0.25, 0.3) is 16.9 Å². The predicted molar refractivity (Wildman–Crippen MR) is 132 cm³/mol. The number of β-amino-alcohol motifs (C(OH)–C–C–N with tert-alkyl or cyclic N) is 1. The van der Waals surface area contributed by atoms with Crippen molar-refractivity contribution < 1.29 is 18.7 Å². The summed E-state index contributed by atoms with van der Waals surface area (Å²) in [6.07, 6.45) is 3.41. The van der Waals surface area contributed by atoms with Crippen LogP contribution in [0, 0.1) is 6.92 Å². The Kier molecular flexibility index (Phi) is 5.26. The second-order valence-corrected chi connectivity index (χ2v) is 10.3. The molecule has 37 heavy (non-hydrogen) atoms. The number of alkyl halides is 2. The number of aromatic nitrogens is 6. The standard InChI is InChI=1S/C25H26F2N8O2/c1-15-3-4-16(22-30-32-35(31-22)18-11-25(26,27)12-18)9-20(15)29-23(36)19-13-28-34-7-5-17(10-21(19)34)33-8-6-24(2,37)14-33/h3-5,7,9-10,13,18,37H,6,8,11-12,14H2,1-2H3,(H,29,36)/t24-/m1/s1. The number of fused-ring (bicyclic) bond motifs is 1. The molecule has 0 unspecified atom stereocenters. The lowest BCUT2D eigenvalue weighted by atomic mass is 9.89. The fourth-order valence-corrected chi connectivity index (χ4v) is 4.88. The highest BCUT2D eigenvalue weighted by Gasteiger charge is 2.47. The van der Waals surface area contributed by atoms with Gasteiger partial charge in [-0.3, -0.25) is 4.79 Å². The van der Waals surface area contributed by atoms with E-state index in [0.717, 1.165) is 17.8 Å². The molecule has 2 fully saturated rings. The Morgan fingerprint density at radius 1 is 1.22 bits per heavy atom. The van der Waals surface area contributed by atoms with Gasteiger partial charge in [-0.1, -0.05) is 12.1 Å². The van der Waals surface area contributed by atoms with Gasteiger partial charge in [0, 0.05) is 49.1 Å². The fraction of sp³-hybridized carbons (Fsp3) is 0.400. The van der Waals surface area contributed by atoms with Crippen LogP contribution in [0.1, 0.15) is 48.1 Å². The van der Waals surface area contributed by atoms with Crippen LogP contribution >= 0.6 is 0 Å². The highest BCUT2D eigenvalue weighted by molar-refractivity contribution is 6.09. The van der Waals surface area contributed by atoms with Gasteiger partial charge in [-0.15, -0.1) is 10.2 Å². The number of benzene rings is 1. The number of aryl methyl sites for hydroxylation is 1. The van der Waals surface area contributed by atoms with Crippen LogP contribution < -0.4 is 10.2 Å². The molecule has 10 nitrogen and oxygen atoms in total. The molecule has 1 amide bonds. The van der Waals surface area contributed by atoms with E-state index >= 15 is 0 Å². The third kappa shape index (κ3) is 4.41. The predicted octanol–water partition coefficient (Wildman–Crippen LogP) is 3.48. The summed E-state index contributed by atoms with van der Waals surface area (Å²) in [6.45, 7) is 4.94. The van der Waals surface area contributed by atoms with E-state index in [-0.39, 0.29) is 18.7 Å². The number of aliphatic hydroxyl groups is 1. The van der Waals surface area contributed by atoms with Crippen molar-refractivity contribution in [3.63, 3.8) is 0 Å². The summed E-state index contributed by atoms with van der Waals surface area (Å²) in [6, 6.07) is 8.73. The molecular weight excluding hydrogens is 482 g/mol. The molecule has 0 spiro atoms. The number of anilines is 2. The Labute approximate surface area is 210 Å². The second kappa shape index (κ2) is 8.30. The SMILES string of the molecule is Cc1ccc(-c2nnn(C3CC(F)(F)C3)n2)cc1NC(=O)c1cnn2ccc(N3CC[C@@](C)(O)C3)cc12. The van der Waals surface area contributed by atoms with Gasteiger partial charge in [0.2, 0.25) is 5.82 Å². The third-order valence-corrected chi connectivity index (χ3v) is 7.13. The van der Waals surface area contributed by atoms with Crippen LogP contribution in [-0.2, 0) is 0 Å². The van der Waals surface area contributed by atoms with Crippen molar-refractivity contribution in [3.05, 3.63) is 53.9 Å². The number of carbonyl (C=O) groups excluding carboxylic acids is 1. The Bertz CT molecular complexity index is 1500. The van der Waals surface area contributed by atoms with E-state index in [0.29, 0.717) is 41.1 Å². The van der Waals surface area contributed by atoms with Gasteiger partial charge in [0.25, 0.3) is 11.8 Å². The van der Waals surface area contributed by atoms with Gasteiger partial charge < -0.3 is 15.3 Å². The van der Waals surface area contributed by atoms with Gasteiger partial charge in [-0.2, -0.15) is 9.90 Å². The summed E-state index contributed by atoms with van der Waals surface area (Å²) in [5.74, 6) is -2.70. The molecule has 0 radical (unpaired) electrons. The van der Waals surface area contributed by atoms with Crippen LogP contribution in [0.4, 0.5) is 20.2 Å². The highest BCUT2D eigenvalue weighted by Crippen LogP contribution is 2.44. The maximum atomic E-state index is 13.3. The maximum Gasteiger partial charge on any atom is 0.259 e. The van der Waals surface area contributed by atoms with Crippen LogP contribution in [-0.4, -0.2) is 65.4 Å². The Balaban J connectivity index is 1.23. The monoisotopic (exact) mass is 508 g/mol. The number of amides is 1. The average Bonchev–Trinajstić information content (AvgIpc) is 3.56. The summed E-state index contributed by atoms with van der Waals surface area (Å²) in [7, 11) is 0. The molecule has 3 aromatic heterocycles. The average molecular weight is 509 g/mol. The molecule has 1 saturated heterocycles. The molecule has 1 atom stereocenters. The molecule has 1 saturated carbocycles. The maximum absolute atomic E-state index is 13.3. The van der Waals surface area contributed by atoms with Crippen molar-refractivity contribution in [3.8, 4) is 11.4 Å². The van der Waals surface area contributed by atoms with E-state index in [4.69, 9.17) is 0 Å². The number of hydrogen-bond acceptors (Lipinski definition) is 7. The number of carbonyl (C=O) groups is 1. The Hall–Kier alpha value is -3.93. The van der Waals surface area contributed by atoms with Gasteiger partial charge in [-0.25, -0.2) is 13.3 Å². The fourth-order valence-electron chi connectivity index (χ4n) is 4.88. The summed E-state index contributed by atoms with van der Waals surface area (Å²) in [5, 5.41) is 29.8. The minimum atomic E-state index is -2.67. The van der Waals surface area contributed by atoms with Crippen LogP contribution in [0.15, 0.2) is 42.7 Å². The summed E-state index contributed by atoms with van der Waals surface area (Å²) >= 11 is 0. The molecular formula is C25H26F2N8O2. The molecule has 6 rings (SSSR count). The number of pyridine rings is 1. The smallest absolute Gasteiger partial charge is 0.259 e. The first kappa shape index (κ1) is 23.5. The topological polar surface area (TPSA) is 113 Å². The zero-order chi connectivity index (χ0) is 25.9. The molecule has 4 aromatic rings. The van der Waals surface area contributed by atoms with E-state index in [9.17, 15) is 18.7 Å². The van der Waals surface area contributed by atoms with Crippen molar-refractivity contribution in [2.45, 2.75) is 50.7 Å². The van der Waals surface area contributed by atoms with Crippen molar-refractivity contribution in [1.82, 2.24) is 29.8 Å². The minimum Gasteiger partial charge on any atom is -0.388 e. The van der Waals surface area contributed by atoms with Crippen molar-refractivity contribution in [2.75, 3.05) is 23.3 Å². The first-order valence-electron chi connectivity index (χ1n) is 12.1. The normalized spacial score (nSPS) is 21.4. The Morgan fingerprint density at radius 2 is 2.03 bits per heavy atom. The first-order valence-corrected chi connectivity index (χ1v) is 12.1. The van der Waals surface area contributed by atoms with Gasteiger partial charge in [0.15, 0.2) is 0 Å². The lowest BCUT2D eigenvalue weighted by molar-refractivity contribution is -0.110. The van der Waals surface area contributed by atoms with Crippen LogP contribution in [0.5, 0.6) is 0 Å². The second-order valence-electron chi connectivity index (χ2n) is 10.3. The number of nitrogens with one attached hydrogen (secondary N) is 1. The molecule has 4 heterocycles. The zero-order valence-corrected chi connectivity index (χ0v) is 20.4. The molecule has 192 valence electrons. The van der Waals surface area contributed by atoms with E-state index in [2.05, 4.69) is 30.7 Å². The highest BCUT2D eigenvalue weighted by atomic mass is 19.3. The van der Waals surface area contributed by atoms with Crippen molar-refractivity contribution in [1.29, 1.82) is 0 Å². The van der Waals surface area contributed by atoms with Crippen molar-refractivity contribution >= 4 is 22.8 Å². The van der Waals surface area contributed by atoms with Crippen LogP contribution in [0.2, 0.25) is 0 Å². The van der Waals surface area contributed by atoms with E-state index in [1.54, 1.807) is 22.8 Å². The Morgan fingerprint density at radius 3 is 2.76 bits per heavy atom. The zero-order valence-electron chi connectivity index (χ0n) is 20.4. The number of tetrazole rings is 1. The van der Waals surface area contributed by atoms with Gasteiger partial charge in [0.1, 0.15) is 0 Å². The minimum absolute atomic E-state index is 0.295. The van der Waals surface area contributed by atoms with Gasteiger partial charge in [0.05, 0.1) is 28.9 Å². The quantitative estimate of drug-likeness (QED) is 0.424. The molecule has 1 aromatic carbocycles. The number of hydrogen-bond donors (Lipinski definition) is 2. The molecule has 2 N–H and O–H groups in total. The number of rotatable bonds is 5.